The van der Waals surface area contributed by atoms with Crippen LogP contribution in [-0.4, -0.2) is 102 Å². The zero-order chi connectivity index (χ0) is 33.1. The summed E-state index contributed by atoms with van der Waals surface area (Å²) in [5, 5.41) is 12.8. The summed E-state index contributed by atoms with van der Waals surface area (Å²) in [4.78, 5) is 60.2. The maximum Gasteiger partial charge on any atom is 0.313 e. The number of nitrogens with one attached hydrogen (secondary N) is 1. The van der Waals surface area contributed by atoms with Crippen LogP contribution in [0.15, 0.2) is 53.0 Å². The first-order valence-corrected chi connectivity index (χ1v) is 17.6. The molecular formula is C35H44BrN3O8. The Morgan fingerprint density at radius 3 is 2.53 bits per heavy atom. The number of allylic oxidation sites excluding steroid dienone is 1. The standard InChI is InChI=1S/C35H44BrN3O8/c1-45-21-25-29(22-12-5-2-6-13-22)46-34(44)27-28-32(42)39(18-11-19-40)31(35(28)20-24(36)30(27)47-35)33(43)38(23-14-7-3-8-15-23)17-10-4-9-16-26(41)37-25/h2,4-6,10,12-13,20,23,25,27-31,40H,3,7-9,11,14-19,21H2,1H3,(H,37,41)/b10-4-/t25-,27+,28-,29-,30+,31+,35-/m1/s1. The van der Waals surface area contributed by atoms with E-state index in [1.807, 2.05) is 47.4 Å². The summed E-state index contributed by atoms with van der Waals surface area (Å²) in [6.07, 6.45) is 9.67. The molecule has 0 unspecified atom stereocenters. The molecule has 1 spiro atoms. The van der Waals surface area contributed by atoms with E-state index in [0.29, 0.717) is 23.0 Å². The van der Waals surface area contributed by atoms with E-state index in [9.17, 15) is 24.3 Å². The molecule has 12 heteroatoms. The van der Waals surface area contributed by atoms with Crippen molar-refractivity contribution >= 4 is 39.6 Å². The minimum absolute atomic E-state index is 0.00950. The molecule has 2 saturated heterocycles. The number of amides is 3. The number of fused-ring (bicyclic) bond motifs is 2. The largest absolute Gasteiger partial charge is 0.455 e. The number of rotatable bonds is 7. The van der Waals surface area contributed by atoms with Crippen molar-refractivity contribution in [2.24, 2.45) is 11.8 Å². The van der Waals surface area contributed by atoms with Crippen molar-refractivity contribution in [2.75, 3.05) is 33.4 Å². The van der Waals surface area contributed by atoms with E-state index >= 15 is 0 Å². The van der Waals surface area contributed by atoms with Gasteiger partial charge in [-0.15, -0.1) is 0 Å². The zero-order valence-electron chi connectivity index (χ0n) is 26.7. The fraction of sp³-hybridized carbons (Fsp3) is 0.600. The summed E-state index contributed by atoms with van der Waals surface area (Å²) in [7, 11) is 1.52. The van der Waals surface area contributed by atoms with Gasteiger partial charge in [0.25, 0.3) is 0 Å². The number of halogens is 1. The van der Waals surface area contributed by atoms with Crippen molar-refractivity contribution in [1.82, 2.24) is 15.1 Å². The molecule has 3 amide bonds. The highest BCUT2D eigenvalue weighted by molar-refractivity contribution is 9.11. The van der Waals surface area contributed by atoms with Gasteiger partial charge in [-0.1, -0.05) is 77.7 Å². The summed E-state index contributed by atoms with van der Waals surface area (Å²) < 4.78 is 19.0. The normalized spacial score (nSPS) is 34.2. The van der Waals surface area contributed by atoms with Gasteiger partial charge in [0.05, 0.1) is 18.6 Å². The average molecular weight is 715 g/mol. The van der Waals surface area contributed by atoms with Gasteiger partial charge < -0.3 is 34.4 Å². The lowest BCUT2D eigenvalue weighted by Crippen LogP contribution is -2.58. The number of hydrogen-bond donors (Lipinski definition) is 2. The molecule has 0 radical (unpaired) electrons. The van der Waals surface area contributed by atoms with Crippen LogP contribution in [0.25, 0.3) is 0 Å². The summed E-state index contributed by atoms with van der Waals surface area (Å²) in [6.45, 7) is 0.398. The number of esters is 1. The minimum atomic E-state index is -1.39. The maximum atomic E-state index is 14.8. The number of aliphatic hydroxyl groups excluding tert-OH is 1. The number of carbonyl (C=O) groups excluding carboxylic acids is 4. The van der Waals surface area contributed by atoms with Crippen LogP contribution >= 0.6 is 15.9 Å². The lowest BCUT2D eigenvalue weighted by Gasteiger charge is -2.40. The van der Waals surface area contributed by atoms with Gasteiger partial charge >= 0.3 is 5.97 Å². The minimum Gasteiger partial charge on any atom is -0.455 e. The second kappa shape index (κ2) is 14.6. The first-order valence-electron chi connectivity index (χ1n) is 16.8. The van der Waals surface area contributed by atoms with E-state index < -0.39 is 47.7 Å². The molecule has 1 saturated carbocycles. The van der Waals surface area contributed by atoms with Gasteiger partial charge in [0.1, 0.15) is 29.8 Å². The first-order chi connectivity index (χ1) is 22.8. The molecule has 2 N–H and O–H groups in total. The Morgan fingerprint density at radius 1 is 1.04 bits per heavy atom. The third kappa shape index (κ3) is 6.41. The third-order valence-corrected chi connectivity index (χ3v) is 10.9. The second-order valence-electron chi connectivity index (χ2n) is 13.1. The number of carbonyl (C=O) groups is 4. The van der Waals surface area contributed by atoms with Crippen LogP contribution in [0.2, 0.25) is 0 Å². The van der Waals surface area contributed by atoms with E-state index in [0.717, 1.165) is 32.1 Å². The maximum absolute atomic E-state index is 14.8. The molecule has 3 fully saturated rings. The average Bonchev–Trinajstić information content (AvgIpc) is 3.67. The highest BCUT2D eigenvalue weighted by Crippen LogP contribution is 2.59. The highest BCUT2D eigenvalue weighted by Gasteiger charge is 2.75. The molecule has 1 aromatic carbocycles. The predicted octanol–water partition coefficient (Wildman–Crippen LogP) is 3.17. The molecule has 11 nitrogen and oxygen atoms in total. The van der Waals surface area contributed by atoms with Crippen LogP contribution in [0.4, 0.5) is 0 Å². The van der Waals surface area contributed by atoms with Crippen LogP contribution in [0.5, 0.6) is 0 Å². The molecule has 4 aliphatic heterocycles. The van der Waals surface area contributed by atoms with Crippen LogP contribution in [0.1, 0.15) is 63.0 Å². The number of cyclic esters (lactones) is 1. The van der Waals surface area contributed by atoms with Crippen LogP contribution in [0, 0.1) is 11.8 Å². The van der Waals surface area contributed by atoms with Crippen molar-refractivity contribution in [3.05, 3.63) is 58.6 Å². The summed E-state index contributed by atoms with van der Waals surface area (Å²) in [5.41, 5.74) is -0.725. The van der Waals surface area contributed by atoms with Crippen molar-refractivity contribution in [2.45, 2.75) is 87.3 Å². The van der Waals surface area contributed by atoms with Gasteiger partial charge in [0.15, 0.2) is 0 Å². The van der Waals surface area contributed by atoms with Gasteiger partial charge in [-0.3, -0.25) is 19.2 Å². The SMILES string of the molecule is COC[C@H]1NC(=O)CC/C=C\CN(C2CCCCC2)C(=O)[C@@H]2N(CCCO)C(=O)[C@H]3[C@H](C(=O)O[C@@H]1c1ccccc1)[C@H]1O[C@@]23C=C1Br. The topological polar surface area (TPSA) is 135 Å². The number of methoxy groups -OCH3 is 1. The number of likely N-dealkylation sites (tertiary alicyclic amines) is 1. The van der Waals surface area contributed by atoms with E-state index in [4.69, 9.17) is 14.2 Å². The van der Waals surface area contributed by atoms with Gasteiger partial charge in [-0.05, 0) is 37.3 Å². The fourth-order valence-corrected chi connectivity index (χ4v) is 8.86. The van der Waals surface area contributed by atoms with Crippen molar-refractivity contribution in [1.29, 1.82) is 0 Å². The van der Waals surface area contributed by atoms with Crippen LogP contribution in [-0.2, 0) is 33.4 Å². The Bertz CT molecular complexity index is 1400. The van der Waals surface area contributed by atoms with E-state index in [1.165, 1.54) is 12.0 Å². The summed E-state index contributed by atoms with van der Waals surface area (Å²) in [5.74, 6) is -3.52. The van der Waals surface area contributed by atoms with E-state index in [1.54, 1.807) is 6.08 Å². The van der Waals surface area contributed by atoms with Crippen molar-refractivity contribution < 1.29 is 38.5 Å². The summed E-state index contributed by atoms with van der Waals surface area (Å²) >= 11 is 3.61. The van der Waals surface area contributed by atoms with Gasteiger partial charge in [0, 0.05) is 43.8 Å². The number of benzene rings is 1. The molecule has 47 heavy (non-hydrogen) atoms. The summed E-state index contributed by atoms with van der Waals surface area (Å²) in [6, 6.07) is 7.41. The molecule has 0 aromatic heterocycles. The van der Waals surface area contributed by atoms with Crippen LogP contribution in [0.3, 0.4) is 0 Å². The molecule has 254 valence electrons. The molecule has 5 bridgehead atoms. The monoisotopic (exact) mass is 713 g/mol. The zero-order valence-corrected chi connectivity index (χ0v) is 28.3. The van der Waals surface area contributed by atoms with Crippen molar-refractivity contribution in [3.63, 3.8) is 0 Å². The fourth-order valence-electron chi connectivity index (χ4n) is 8.13. The number of aliphatic hydroxyl groups is 1. The molecule has 7 atom stereocenters. The van der Waals surface area contributed by atoms with Gasteiger partial charge in [-0.25, -0.2) is 0 Å². The quantitative estimate of drug-likeness (QED) is 0.325. The third-order valence-electron chi connectivity index (χ3n) is 10.2. The molecule has 6 rings (SSSR count). The Morgan fingerprint density at radius 2 is 1.81 bits per heavy atom. The van der Waals surface area contributed by atoms with Crippen molar-refractivity contribution in [3.8, 4) is 0 Å². The smallest absolute Gasteiger partial charge is 0.313 e. The number of nitrogens with zero attached hydrogens (tertiary/aromatic N) is 2. The molecule has 4 heterocycles. The van der Waals surface area contributed by atoms with Crippen LogP contribution < -0.4 is 5.32 Å². The Labute approximate surface area is 283 Å². The first kappa shape index (κ1) is 33.8. The molecular weight excluding hydrogens is 670 g/mol. The Hall–Kier alpha value is -3.06. The second-order valence-corrected chi connectivity index (χ2v) is 14.0. The van der Waals surface area contributed by atoms with Gasteiger partial charge in [0.2, 0.25) is 17.7 Å². The molecule has 1 aliphatic carbocycles. The van der Waals surface area contributed by atoms with E-state index in [-0.39, 0.29) is 56.4 Å². The number of hydrogen-bond acceptors (Lipinski definition) is 8. The predicted molar refractivity (Wildman–Crippen MR) is 175 cm³/mol. The molecule has 5 aliphatic rings. The van der Waals surface area contributed by atoms with Gasteiger partial charge in [-0.2, -0.15) is 0 Å². The lowest BCUT2D eigenvalue weighted by molar-refractivity contribution is -0.162. The Kier molecular flexibility index (Phi) is 10.5. The Balaban J connectivity index is 1.44. The lowest BCUT2D eigenvalue weighted by atomic mass is 9.74. The van der Waals surface area contributed by atoms with E-state index in [2.05, 4.69) is 21.2 Å². The molecule has 1 aromatic rings. The number of ether oxygens (including phenoxy) is 3. The highest BCUT2D eigenvalue weighted by atomic mass is 79.9.